The van der Waals surface area contributed by atoms with Crippen molar-refractivity contribution in [1.29, 1.82) is 0 Å². The van der Waals surface area contributed by atoms with Gasteiger partial charge in [-0.2, -0.15) is 0 Å². The van der Waals surface area contributed by atoms with E-state index in [1.165, 1.54) is 25.7 Å². The van der Waals surface area contributed by atoms with Crippen LogP contribution in [-0.4, -0.2) is 85.5 Å². The Kier molecular flexibility index (Phi) is 6.26. The number of amides is 2. The zero-order chi connectivity index (χ0) is 19.6. The van der Waals surface area contributed by atoms with E-state index in [1.54, 1.807) is 0 Å². The highest BCUT2D eigenvalue weighted by molar-refractivity contribution is 5.82. The lowest BCUT2D eigenvalue weighted by Crippen LogP contribution is -2.48. The third-order valence-corrected chi connectivity index (χ3v) is 7.77. The quantitative estimate of drug-likeness (QED) is 0.737. The molecule has 1 atom stereocenters. The zero-order valence-corrected chi connectivity index (χ0v) is 17.5. The van der Waals surface area contributed by atoms with Crippen molar-refractivity contribution in [3.05, 3.63) is 0 Å². The molecule has 0 aromatic carbocycles. The fourth-order valence-corrected chi connectivity index (χ4v) is 5.92. The summed E-state index contributed by atoms with van der Waals surface area (Å²) < 4.78 is 5.39. The number of nitrogens with zero attached hydrogens (tertiary/aromatic N) is 3. The number of morpholine rings is 1. The molecule has 0 radical (unpaired) electrons. The van der Waals surface area contributed by atoms with Gasteiger partial charge in [0.15, 0.2) is 0 Å². The normalized spacial score (nSPS) is 29.0. The van der Waals surface area contributed by atoms with Gasteiger partial charge in [-0.25, -0.2) is 0 Å². The maximum absolute atomic E-state index is 13.0. The highest BCUT2D eigenvalue weighted by Crippen LogP contribution is 2.43. The summed E-state index contributed by atoms with van der Waals surface area (Å²) in [7, 11) is 2.09. The summed E-state index contributed by atoms with van der Waals surface area (Å²) in [6, 6.07) is 0.00252. The molecular weight excluding hydrogens is 354 g/mol. The molecule has 1 unspecified atom stereocenters. The van der Waals surface area contributed by atoms with Gasteiger partial charge < -0.3 is 14.5 Å². The van der Waals surface area contributed by atoms with Crippen molar-refractivity contribution < 1.29 is 14.3 Å². The molecule has 6 heteroatoms. The first-order valence-corrected chi connectivity index (χ1v) is 11.4. The number of likely N-dealkylation sites (N-methyl/N-ethyl adjacent to an activating group) is 1. The average molecular weight is 392 g/mol. The van der Waals surface area contributed by atoms with Crippen LogP contribution in [0, 0.1) is 11.3 Å². The lowest BCUT2D eigenvalue weighted by Gasteiger charge is -2.39. The third kappa shape index (κ3) is 4.38. The van der Waals surface area contributed by atoms with Gasteiger partial charge in [0.1, 0.15) is 0 Å². The molecule has 6 nitrogen and oxygen atoms in total. The minimum Gasteiger partial charge on any atom is -0.378 e. The summed E-state index contributed by atoms with van der Waals surface area (Å²) in [4.78, 5) is 32.0. The van der Waals surface area contributed by atoms with Crippen LogP contribution in [0.3, 0.4) is 0 Å². The Labute approximate surface area is 169 Å². The number of ether oxygens (including phenoxy) is 1. The molecule has 2 amide bonds. The van der Waals surface area contributed by atoms with Crippen molar-refractivity contribution in [3.8, 4) is 0 Å². The molecule has 4 rings (SSSR count). The molecule has 1 spiro atoms. The molecule has 4 fully saturated rings. The molecule has 1 saturated carbocycles. The minimum absolute atomic E-state index is 0.00252. The second-order valence-corrected chi connectivity index (χ2v) is 9.64. The van der Waals surface area contributed by atoms with E-state index in [2.05, 4.69) is 16.8 Å². The predicted molar refractivity (Wildman–Crippen MR) is 108 cm³/mol. The number of rotatable bonds is 4. The highest BCUT2D eigenvalue weighted by Gasteiger charge is 2.48. The first-order chi connectivity index (χ1) is 13.6. The molecule has 0 bridgehead atoms. The molecule has 0 aromatic rings. The van der Waals surface area contributed by atoms with E-state index in [0.29, 0.717) is 19.1 Å². The molecule has 4 aliphatic rings. The maximum atomic E-state index is 13.0. The summed E-state index contributed by atoms with van der Waals surface area (Å²) in [6.07, 6.45) is 10.2. The molecule has 3 saturated heterocycles. The van der Waals surface area contributed by atoms with E-state index in [0.717, 1.165) is 70.7 Å². The third-order valence-electron chi connectivity index (χ3n) is 7.77. The van der Waals surface area contributed by atoms with Crippen LogP contribution in [0.25, 0.3) is 0 Å². The average Bonchev–Trinajstić information content (AvgIpc) is 3.35. The van der Waals surface area contributed by atoms with Gasteiger partial charge in [-0.05, 0) is 44.1 Å². The Bertz CT molecular complexity index is 561. The number of hydrogen-bond donors (Lipinski definition) is 0. The second kappa shape index (κ2) is 8.70. The van der Waals surface area contributed by atoms with Gasteiger partial charge >= 0.3 is 0 Å². The number of carbonyl (C=O) groups excluding carboxylic acids is 2. The highest BCUT2D eigenvalue weighted by atomic mass is 16.5. The molecule has 0 aromatic heterocycles. The first-order valence-electron chi connectivity index (χ1n) is 11.4. The van der Waals surface area contributed by atoms with Crippen molar-refractivity contribution in [2.24, 2.45) is 11.3 Å². The van der Waals surface area contributed by atoms with E-state index in [-0.39, 0.29) is 17.4 Å². The molecular formula is C22H37N3O3. The van der Waals surface area contributed by atoms with Crippen LogP contribution in [-0.2, 0) is 14.3 Å². The van der Waals surface area contributed by atoms with E-state index >= 15 is 0 Å². The molecule has 28 heavy (non-hydrogen) atoms. The Morgan fingerprint density at radius 2 is 1.68 bits per heavy atom. The molecule has 3 heterocycles. The topological polar surface area (TPSA) is 53.1 Å². The molecule has 0 N–H and O–H groups in total. The standard InChI is InChI=1S/C22H37N3O3/c1-23-17-22(16-19(23)21(27)25-12-14-28-15-13-25)8-10-24(11-9-22)20(26)7-6-18-4-2-3-5-18/h18-19H,2-17H2,1H3. The lowest BCUT2D eigenvalue weighted by molar-refractivity contribution is -0.140. The first kappa shape index (κ1) is 20.1. The molecule has 158 valence electrons. The van der Waals surface area contributed by atoms with Crippen molar-refractivity contribution in [1.82, 2.24) is 14.7 Å². The van der Waals surface area contributed by atoms with Gasteiger partial charge in [0.05, 0.1) is 19.3 Å². The summed E-state index contributed by atoms with van der Waals surface area (Å²) in [5.41, 5.74) is 0.212. The largest absolute Gasteiger partial charge is 0.378 e. The van der Waals surface area contributed by atoms with Crippen molar-refractivity contribution in [2.45, 2.75) is 63.8 Å². The van der Waals surface area contributed by atoms with Crippen LogP contribution in [0.5, 0.6) is 0 Å². The van der Waals surface area contributed by atoms with Gasteiger partial charge in [-0.1, -0.05) is 25.7 Å². The lowest BCUT2D eigenvalue weighted by atomic mass is 9.76. The van der Waals surface area contributed by atoms with Crippen molar-refractivity contribution in [3.63, 3.8) is 0 Å². The van der Waals surface area contributed by atoms with Crippen LogP contribution in [0.1, 0.15) is 57.8 Å². The van der Waals surface area contributed by atoms with Crippen molar-refractivity contribution >= 4 is 11.8 Å². The maximum Gasteiger partial charge on any atom is 0.240 e. The second-order valence-electron chi connectivity index (χ2n) is 9.64. The zero-order valence-electron chi connectivity index (χ0n) is 17.5. The van der Waals surface area contributed by atoms with Gasteiger partial charge in [0, 0.05) is 39.1 Å². The summed E-state index contributed by atoms with van der Waals surface area (Å²) >= 11 is 0. The monoisotopic (exact) mass is 391 g/mol. The summed E-state index contributed by atoms with van der Waals surface area (Å²) in [5.74, 6) is 1.42. The Hall–Kier alpha value is -1.14. The van der Waals surface area contributed by atoms with Crippen LogP contribution < -0.4 is 0 Å². The van der Waals surface area contributed by atoms with Gasteiger partial charge in [-0.15, -0.1) is 0 Å². The Balaban J connectivity index is 1.26. The molecule has 1 aliphatic carbocycles. The Morgan fingerprint density at radius 1 is 1.00 bits per heavy atom. The van der Waals surface area contributed by atoms with E-state index < -0.39 is 0 Å². The summed E-state index contributed by atoms with van der Waals surface area (Å²) in [5, 5.41) is 0. The van der Waals surface area contributed by atoms with Gasteiger partial charge in [-0.3, -0.25) is 14.5 Å². The summed E-state index contributed by atoms with van der Waals surface area (Å²) in [6.45, 7) is 5.48. The van der Waals surface area contributed by atoms with E-state index in [1.807, 2.05) is 4.90 Å². The minimum atomic E-state index is 0.00252. The van der Waals surface area contributed by atoms with Crippen LogP contribution >= 0.6 is 0 Å². The fraction of sp³-hybridized carbons (Fsp3) is 0.909. The van der Waals surface area contributed by atoms with E-state index in [4.69, 9.17) is 4.74 Å². The number of likely N-dealkylation sites (tertiary alicyclic amines) is 2. The van der Waals surface area contributed by atoms with Crippen LogP contribution in [0.15, 0.2) is 0 Å². The fourth-order valence-electron chi connectivity index (χ4n) is 5.92. The predicted octanol–water partition coefficient (Wildman–Crippen LogP) is 2.13. The number of carbonyl (C=O) groups is 2. The SMILES string of the molecule is CN1CC2(CCN(C(=O)CCC3CCCC3)CC2)CC1C(=O)N1CCOCC1. The van der Waals surface area contributed by atoms with Gasteiger partial charge in [0.25, 0.3) is 0 Å². The van der Waals surface area contributed by atoms with Gasteiger partial charge in [0.2, 0.25) is 11.8 Å². The van der Waals surface area contributed by atoms with Crippen molar-refractivity contribution in [2.75, 3.05) is 53.0 Å². The number of hydrogen-bond acceptors (Lipinski definition) is 4. The van der Waals surface area contributed by atoms with Crippen LogP contribution in [0.2, 0.25) is 0 Å². The van der Waals surface area contributed by atoms with E-state index in [9.17, 15) is 9.59 Å². The Morgan fingerprint density at radius 3 is 2.36 bits per heavy atom. The van der Waals surface area contributed by atoms with Crippen LogP contribution in [0.4, 0.5) is 0 Å². The smallest absolute Gasteiger partial charge is 0.240 e. The molecule has 3 aliphatic heterocycles. The number of piperidine rings is 1.